The van der Waals surface area contributed by atoms with Crippen LogP contribution in [0.4, 0.5) is 4.39 Å². The molecule has 1 aliphatic carbocycles. The van der Waals surface area contributed by atoms with Crippen molar-refractivity contribution in [3.8, 4) is 16.9 Å². The largest absolute Gasteiger partial charge is 0.493 e. The Hall–Kier alpha value is -2.09. The Morgan fingerprint density at radius 2 is 1.76 bits per heavy atom. The quantitative estimate of drug-likeness (QED) is 0.566. The lowest BCUT2D eigenvalue weighted by atomic mass is 9.87. The number of benzene rings is 2. The molecule has 1 aliphatic rings. The van der Waals surface area contributed by atoms with Crippen molar-refractivity contribution in [3.05, 3.63) is 65.5 Å². The molecule has 0 saturated heterocycles. The van der Waals surface area contributed by atoms with Crippen LogP contribution in [0.3, 0.4) is 0 Å². The number of hydrogen-bond donors (Lipinski definition) is 0. The molecular formula is C23H27FO. The van der Waals surface area contributed by atoms with Gasteiger partial charge in [0.15, 0.2) is 0 Å². The minimum atomic E-state index is -0.158. The summed E-state index contributed by atoms with van der Waals surface area (Å²) in [6, 6.07) is 11.6. The van der Waals surface area contributed by atoms with Crippen molar-refractivity contribution in [2.24, 2.45) is 5.92 Å². The van der Waals surface area contributed by atoms with E-state index in [1.807, 2.05) is 24.3 Å². The molecule has 1 fully saturated rings. The van der Waals surface area contributed by atoms with Crippen molar-refractivity contribution in [2.75, 3.05) is 6.61 Å². The van der Waals surface area contributed by atoms with Crippen molar-refractivity contribution in [1.82, 2.24) is 0 Å². The first-order valence-corrected chi connectivity index (χ1v) is 9.25. The van der Waals surface area contributed by atoms with Gasteiger partial charge >= 0.3 is 0 Å². The van der Waals surface area contributed by atoms with Gasteiger partial charge in [0.1, 0.15) is 11.6 Å². The third-order valence-corrected chi connectivity index (χ3v) is 5.23. The predicted octanol–water partition coefficient (Wildman–Crippen LogP) is 6.49. The van der Waals surface area contributed by atoms with Gasteiger partial charge in [-0.15, -0.1) is 0 Å². The van der Waals surface area contributed by atoms with Crippen molar-refractivity contribution >= 4 is 0 Å². The molecule has 25 heavy (non-hydrogen) atoms. The van der Waals surface area contributed by atoms with Gasteiger partial charge in [0.2, 0.25) is 0 Å². The molecule has 3 rings (SSSR count). The third-order valence-electron chi connectivity index (χ3n) is 5.23. The van der Waals surface area contributed by atoms with Crippen LogP contribution < -0.4 is 4.74 Å². The second-order valence-corrected chi connectivity index (χ2v) is 7.14. The van der Waals surface area contributed by atoms with Gasteiger partial charge < -0.3 is 4.74 Å². The minimum Gasteiger partial charge on any atom is -0.493 e. The average Bonchev–Trinajstić information content (AvgIpc) is 2.63. The van der Waals surface area contributed by atoms with Crippen LogP contribution in [0, 0.1) is 18.7 Å². The minimum absolute atomic E-state index is 0.158. The zero-order valence-corrected chi connectivity index (χ0v) is 15.3. The first-order valence-electron chi connectivity index (χ1n) is 9.25. The number of hydrogen-bond acceptors (Lipinski definition) is 1. The summed E-state index contributed by atoms with van der Waals surface area (Å²) in [4.78, 5) is 0. The summed E-state index contributed by atoms with van der Waals surface area (Å²) in [5.41, 5.74) is 5.18. The van der Waals surface area contributed by atoms with Crippen molar-refractivity contribution in [2.45, 2.75) is 46.0 Å². The highest BCUT2D eigenvalue weighted by Crippen LogP contribution is 2.31. The van der Waals surface area contributed by atoms with Gasteiger partial charge in [0.05, 0.1) is 6.61 Å². The maximum Gasteiger partial charge on any atom is 0.126 e. The average molecular weight is 338 g/mol. The van der Waals surface area contributed by atoms with Gasteiger partial charge in [-0.05, 0) is 85.4 Å². The Bertz CT molecular complexity index is 753. The van der Waals surface area contributed by atoms with E-state index in [0.717, 1.165) is 42.7 Å². The summed E-state index contributed by atoms with van der Waals surface area (Å²) in [5.74, 6) is 1.43. The third kappa shape index (κ3) is 4.31. The lowest BCUT2D eigenvalue weighted by molar-refractivity contribution is 0.220. The van der Waals surface area contributed by atoms with Crippen molar-refractivity contribution < 1.29 is 9.13 Å². The summed E-state index contributed by atoms with van der Waals surface area (Å²) < 4.78 is 20.0. The summed E-state index contributed by atoms with van der Waals surface area (Å²) in [6.45, 7) is 8.77. The van der Waals surface area contributed by atoms with Crippen LogP contribution in [-0.2, 0) is 6.42 Å². The molecule has 2 aromatic carbocycles. The van der Waals surface area contributed by atoms with E-state index in [1.54, 1.807) is 13.0 Å². The number of rotatable bonds is 5. The number of ether oxygens (including phenoxy) is 1. The molecule has 1 nitrogen and oxygen atoms in total. The standard InChI is InChI=1S/C23H27FO/c1-4-19-13-20(21-10-7-17(3)22(24)14-21)11-12-23(19)25-15-18-8-5-16(2)6-9-18/h7,10-14,18H,2,4-6,8-9,15H2,1,3H3. The molecule has 0 N–H and O–H groups in total. The van der Waals surface area contributed by atoms with E-state index in [-0.39, 0.29) is 5.82 Å². The lowest BCUT2D eigenvalue weighted by Crippen LogP contribution is -2.16. The fraction of sp³-hybridized carbons (Fsp3) is 0.391. The molecule has 0 aromatic heterocycles. The van der Waals surface area contributed by atoms with E-state index >= 15 is 0 Å². The second-order valence-electron chi connectivity index (χ2n) is 7.14. The highest BCUT2D eigenvalue weighted by atomic mass is 19.1. The zero-order chi connectivity index (χ0) is 17.8. The molecule has 1 saturated carbocycles. The smallest absolute Gasteiger partial charge is 0.126 e. The Morgan fingerprint density at radius 1 is 1.08 bits per heavy atom. The monoisotopic (exact) mass is 338 g/mol. The van der Waals surface area contributed by atoms with E-state index in [0.29, 0.717) is 11.5 Å². The molecule has 2 aromatic rings. The van der Waals surface area contributed by atoms with Crippen LogP contribution in [0.1, 0.15) is 43.7 Å². The molecule has 0 spiro atoms. The van der Waals surface area contributed by atoms with E-state index < -0.39 is 0 Å². The maximum atomic E-state index is 13.8. The fourth-order valence-corrected chi connectivity index (χ4v) is 3.41. The van der Waals surface area contributed by atoms with Crippen LogP contribution in [0.25, 0.3) is 11.1 Å². The van der Waals surface area contributed by atoms with E-state index in [9.17, 15) is 4.39 Å². The van der Waals surface area contributed by atoms with Crippen molar-refractivity contribution in [1.29, 1.82) is 0 Å². The summed E-state index contributed by atoms with van der Waals surface area (Å²) in [6.07, 6.45) is 5.53. The summed E-state index contributed by atoms with van der Waals surface area (Å²) in [7, 11) is 0. The topological polar surface area (TPSA) is 9.23 Å². The SMILES string of the molecule is C=C1CCC(COc2ccc(-c3ccc(C)c(F)c3)cc2CC)CC1. The van der Waals surface area contributed by atoms with Crippen molar-refractivity contribution in [3.63, 3.8) is 0 Å². The second kappa shape index (κ2) is 7.86. The zero-order valence-electron chi connectivity index (χ0n) is 15.3. The first kappa shape index (κ1) is 17.7. The van der Waals surface area contributed by atoms with Crippen LogP contribution in [0.15, 0.2) is 48.6 Å². The highest BCUT2D eigenvalue weighted by molar-refractivity contribution is 5.66. The van der Waals surface area contributed by atoms with Gasteiger partial charge in [-0.25, -0.2) is 4.39 Å². The molecule has 0 unspecified atom stereocenters. The lowest BCUT2D eigenvalue weighted by Gasteiger charge is -2.24. The summed E-state index contributed by atoms with van der Waals surface area (Å²) in [5, 5.41) is 0. The Kier molecular flexibility index (Phi) is 5.57. The van der Waals surface area contributed by atoms with Crippen LogP contribution in [0.5, 0.6) is 5.75 Å². The highest BCUT2D eigenvalue weighted by Gasteiger charge is 2.17. The molecular weight excluding hydrogens is 311 g/mol. The van der Waals surface area contributed by atoms with Crippen LogP contribution in [0.2, 0.25) is 0 Å². The number of aryl methyl sites for hydroxylation is 2. The summed E-state index contributed by atoms with van der Waals surface area (Å²) >= 11 is 0. The molecule has 0 atom stereocenters. The molecule has 0 heterocycles. The first-order chi connectivity index (χ1) is 12.1. The van der Waals surface area contributed by atoms with Gasteiger partial charge in [0, 0.05) is 0 Å². The molecule has 0 aliphatic heterocycles. The number of halogens is 1. The molecule has 0 radical (unpaired) electrons. The van der Waals surface area contributed by atoms with Gasteiger partial charge in [-0.3, -0.25) is 0 Å². The predicted molar refractivity (Wildman–Crippen MR) is 103 cm³/mol. The molecule has 0 amide bonds. The molecule has 0 bridgehead atoms. The maximum absolute atomic E-state index is 13.8. The van der Waals surface area contributed by atoms with Gasteiger partial charge in [0.25, 0.3) is 0 Å². The van der Waals surface area contributed by atoms with Crippen LogP contribution >= 0.6 is 0 Å². The molecule has 2 heteroatoms. The molecule has 132 valence electrons. The van der Waals surface area contributed by atoms with E-state index in [4.69, 9.17) is 4.74 Å². The Labute approximate surface area is 150 Å². The fourth-order valence-electron chi connectivity index (χ4n) is 3.41. The van der Waals surface area contributed by atoms with Gasteiger partial charge in [-0.2, -0.15) is 0 Å². The van der Waals surface area contributed by atoms with Crippen LogP contribution in [-0.4, -0.2) is 6.61 Å². The normalized spacial score (nSPS) is 15.4. The van der Waals surface area contributed by atoms with E-state index in [2.05, 4.69) is 19.6 Å². The Balaban J connectivity index is 1.73. The number of allylic oxidation sites excluding steroid dienone is 1. The van der Waals surface area contributed by atoms with E-state index in [1.165, 1.54) is 24.0 Å². The van der Waals surface area contributed by atoms with Gasteiger partial charge in [-0.1, -0.05) is 37.3 Å². The Morgan fingerprint density at radius 3 is 2.44 bits per heavy atom.